The summed E-state index contributed by atoms with van der Waals surface area (Å²) >= 11 is 0. The molecule has 26 heavy (non-hydrogen) atoms. The smallest absolute Gasteiger partial charge is 0.227 e. The first-order valence-corrected chi connectivity index (χ1v) is 8.02. The number of aromatic hydroxyl groups is 1. The van der Waals surface area contributed by atoms with E-state index in [2.05, 4.69) is 20.4 Å². The van der Waals surface area contributed by atoms with E-state index in [4.69, 9.17) is 4.74 Å². The molecule has 2 aromatic carbocycles. The fraction of sp³-hybridized carbons (Fsp3) is 0.105. The van der Waals surface area contributed by atoms with Gasteiger partial charge in [-0.2, -0.15) is 5.10 Å². The van der Waals surface area contributed by atoms with Crippen LogP contribution in [0.2, 0.25) is 0 Å². The van der Waals surface area contributed by atoms with E-state index in [1.54, 1.807) is 36.3 Å². The zero-order valence-electron chi connectivity index (χ0n) is 14.3. The molecule has 0 bridgehead atoms. The van der Waals surface area contributed by atoms with Crippen molar-refractivity contribution in [3.8, 4) is 22.6 Å². The number of phenols is 1. The summed E-state index contributed by atoms with van der Waals surface area (Å²) < 4.78 is 7.24. The number of benzene rings is 2. The molecular formula is C19H17N5O2. The second-order valence-corrected chi connectivity index (χ2v) is 5.88. The molecule has 0 amide bonds. The van der Waals surface area contributed by atoms with Crippen LogP contribution < -0.4 is 10.1 Å². The van der Waals surface area contributed by atoms with Gasteiger partial charge in [0.15, 0.2) is 0 Å². The summed E-state index contributed by atoms with van der Waals surface area (Å²) in [4.78, 5) is 8.96. The molecule has 0 saturated carbocycles. The van der Waals surface area contributed by atoms with Crippen molar-refractivity contribution in [2.24, 2.45) is 7.05 Å². The number of ether oxygens (including phenoxy) is 1. The number of nitrogens with zero attached hydrogens (tertiary/aromatic N) is 4. The average molecular weight is 347 g/mol. The molecule has 0 spiro atoms. The maximum absolute atomic E-state index is 9.47. The van der Waals surface area contributed by atoms with Crippen molar-refractivity contribution in [1.82, 2.24) is 19.7 Å². The molecular weight excluding hydrogens is 330 g/mol. The summed E-state index contributed by atoms with van der Waals surface area (Å²) in [5, 5.41) is 17.6. The number of hydrogen-bond acceptors (Lipinski definition) is 6. The molecule has 7 heteroatoms. The lowest BCUT2D eigenvalue weighted by Crippen LogP contribution is -1.98. The summed E-state index contributed by atoms with van der Waals surface area (Å²) in [5.41, 5.74) is 3.47. The van der Waals surface area contributed by atoms with Gasteiger partial charge >= 0.3 is 0 Å². The van der Waals surface area contributed by atoms with Crippen LogP contribution in [0.25, 0.3) is 22.0 Å². The van der Waals surface area contributed by atoms with E-state index in [1.807, 2.05) is 37.5 Å². The molecule has 0 unspecified atom stereocenters. The molecule has 0 aliphatic rings. The highest BCUT2D eigenvalue weighted by Gasteiger charge is 2.10. The fourth-order valence-corrected chi connectivity index (χ4v) is 2.76. The fourth-order valence-electron chi connectivity index (χ4n) is 2.76. The van der Waals surface area contributed by atoms with Gasteiger partial charge in [0.2, 0.25) is 5.95 Å². The zero-order chi connectivity index (χ0) is 18.1. The second kappa shape index (κ2) is 6.36. The minimum Gasteiger partial charge on any atom is -0.508 e. The molecule has 2 aromatic heterocycles. The van der Waals surface area contributed by atoms with Gasteiger partial charge in [-0.1, -0.05) is 12.1 Å². The van der Waals surface area contributed by atoms with Crippen LogP contribution in [-0.2, 0) is 7.05 Å². The molecule has 7 nitrogen and oxygen atoms in total. The van der Waals surface area contributed by atoms with E-state index in [0.717, 1.165) is 27.7 Å². The van der Waals surface area contributed by atoms with Crippen molar-refractivity contribution in [1.29, 1.82) is 0 Å². The number of hydrogen-bond donors (Lipinski definition) is 2. The Morgan fingerprint density at radius 1 is 1.08 bits per heavy atom. The molecule has 0 aliphatic carbocycles. The third-order valence-electron chi connectivity index (χ3n) is 4.03. The van der Waals surface area contributed by atoms with Gasteiger partial charge in [-0.05, 0) is 35.4 Å². The van der Waals surface area contributed by atoms with Gasteiger partial charge in [0.1, 0.15) is 17.0 Å². The standard InChI is InChI=1S/C19H17N5O2/c1-24-11-15(10-21-24)22-19-20-9-14-7-13(8-17(26-2)18(14)23-19)12-3-5-16(25)6-4-12/h3-11,25H,1-2H3,(H,20,22,23). The largest absolute Gasteiger partial charge is 0.508 e. The molecule has 0 fully saturated rings. The van der Waals surface area contributed by atoms with Crippen molar-refractivity contribution in [2.45, 2.75) is 0 Å². The van der Waals surface area contributed by atoms with Crippen LogP contribution in [-0.4, -0.2) is 32.0 Å². The molecule has 0 radical (unpaired) electrons. The van der Waals surface area contributed by atoms with E-state index >= 15 is 0 Å². The monoisotopic (exact) mass is 347 g/mol. The highest BCUT2D eigenvalue weighted by Crippen LogP contribution is 2.32. The molecule has 2 N–H and O–H groups in total. The van der Waals surface area contributed by atoms with Crippen LogP contribution in [0.1, 0.15) is 0 Å². The Hall–Kier alpha value is -3.61. The Morgan fingerprint density at radius 3 is 2.58 bits per heavy atom. The lowest BCUT2D eigenvalue weighted by Gasteiger charge is -2.10. The van der Waals surface area contributed by atoms with Gasteiger partial charge in [-0.3, -0.25) is 4.68 Å². The first-order chi connectivity index (χ1) is 12.6. The highest BCUT2D eigenvalue weighted by molar-refractivity contribution is 5.90. The molecule has 2 heterocycles. The molecule has 0 aliphatic heterocycles. The normalized spacial score (nSPS) is 10.8. The first kappa shape index (κ1) is 15.9. The predicted molar refractivity (Wildman–Crippen MR) is 99.7 cm³/mol. The summed E-state index contributed by atoms with van der Waals surface area (Å²) in [6.07, 6.45) is 5.31. The van der Waals surface area contributed by atoms with Crippen molar-refractivity contribution in [2.75, 3.05) is 12.4 Å². The number of rotatable bonds is 4. The molecule has 130 valence electrons. The lowest BCUT2D eigenvalue weighted by atomic mass is 10.0. The maximum atomic E-state index is 9.47. The zero-order valence-corrected chi connectivity index (χ0v) is 14.3. The van der Waals surface area contributed by atoms with Crippen molar-refractivity contribution < 1.29 is 9.84 Å². The SMILES string of the molecule is COc1cc(-c2ccc(O)cc2)cc2cnc(Nc3cnn(C)c3)nc12. The quantitative estimate of drug-likeness (QED) is 0.588. The van der Waals surface area contributed by atoms with Crippen LogP contribution in [0, 0.1) is 0 Å². The van der Waals surface area contributed by atoms with Gasteiger partial charge in [0, 0.05) is 24.8 Å². The minimum absolute atomic E-state index is 0.232. The summed E-state index contributed by atoms with van der Waals surface area (Å²) in [5.74, 6) is 1.36. The van der Waals surface area contributed by atoms with Crippen LogP contribution in [0.3, 0.4) is 0 Å². The Bertz CT molecular complexity index is 1070. The van der Waals surface area contributed by atoms with E-state index in [1.165, 1.54) is 0 Å². The van der Waals surface area contributed by atoms with Gasteiger partial charge in [0.25, 0.3) is 0 Å². The number of methoxy groups -OCH3 is 1. The van der Waals surface area contributed by atoms with E-state index in [-0.39, 0.29) is 5.75 Å². The van der Waals surface area contributed by atoms with Crippen LogP contribution in [0.5, 0.6) is 11.5 Å². The van der Waals surface area contributed by atoms with Crippen molar-refractivity contribution in [3.05, 3.63) is 55.0 Å². The van der Waals surface area contributed by atoms with Crippen LogP contribution in [0.4, 0.5) is 11.6 Å². The number of nitrogens with one attached hydrogen (secondary N) is 1. The second-order valence-electron chi connectivity index (χ2n) is 5.88. The van der Waals surface area contributed by atoms with Gasteiger partial charge < -0.3 is 15.2 Å². The third-order valence-corrected chi connectivity index (χ3v) is 4.03. The summed E-state index contributed by atoms with van der Waals surface area (Å²) in [7, 11) is 3.46. The van der Waals surface area contributed by atoms with Crippen molar-refractivity contribution in [3.63, 3.8) is 0 Å². The number of fused-ring (bicyclic) bond motifs is 1. The van der Waals surface area contributed by atoms with Crippen LogP contribution in [0.15, 0.2) is 55.0 Å². The maximum Gasteiger partial charge on any atom is 0.227 e. The van der Waals surface area contributed by atoms with Gasteiger partial charge in [-0.15, -0.1) is 0 Å². The third kappa shape index (κ3) is 3.02. The Morgan fingerprint density at radius 2 is 1.88 bits per heavy atom. The highest BCUT2D eigenvalue weighted by atomic mass is 16.5. The Labute approximate surface area is 149 Å². The topological polar surface area (TPSA) is 85.1 Å². The lowest BCUT2D eigenvalue weighted by molar-refractivity contribution is 0.419. The van der Waals surface area contributed by atoms with E-state index in [9.17, 15) is 5.11 Å². The predicted octanol–water partition coefficient (Wildman–Crippen LogP) is 3.49. The number of anilines is 2. The molecule has 4 aromatic rings. The number of aromatic nitrogens is 4. The minimum atomic E-state index is 0.232. The van der Waals surface area contributed by atoms with E-state index < -0.39 is 0 Å². The Balaban J connectivity index is 1.76. The summed E-state index contributed by atoms with van der Waals surface area (Å²) in [6, 6.07) is 10.9. The van der Waals surface area contributed by atoms with Crippen LogP contribution >= 0.6 is 0 Å². The van der Waals surface area contributed by atoms with Crippen molar-refractivity contribution >= 4 is 22.5 Å². The number of aryl methyl sites for hydroxylation is 1. The first-order valence-electron chi connectivity index (χ1n) is 8.02. The average Bonchev–Trinajstić information content (AvgIpc) is 3.06. The number of phenolic OH excluding ortho intramolecular Hbond substituents is 1. The van der Waals surface area contributed by atoms with E-state index in [0.29, 0.717) is 11.7 Å². The van der Waals surface area contributed by atoms with Gasteiger partial charge in [-0.25, -0.2) is 9.97 Å². The molecule has 0 saturated heterocycles. The Kier molecular flexibility index (Phi) is 3.89. The molecule has 0 atom stereocenters. The summed E-state index contributed by atoms with van der Waals surface area (Å²) in [6.45, 7) is 0. The molecule has 4 rings (SSSR count). The van der Waals surface area contributed by atoms with Gasteiger partial charge in [0.05, 0.1) is 19.0 Å².